The van der Waals surface area contributed by atoms with Gasteiger partial charge < -0.3 is 4.74 Å². The number of alkyl halides is 3. The molecule has 1 aromatic carbocycles. The molecule has 1 aliphatic rings. The van der Waals surface area contributed by atoms with Crippen LogP contribution in [0.1, 0.15) is 43.6 Å². The summed E-state index contributed by atoms with van der Waals surface area (Å²) in [7, 11) is 1.23. The molecule has 4 nitrogen and oxygen atoms in total. The number of carbonyl (C=O) groups is 3. The van der Waals surface area contributed by atoms with Gasteiger partial charge in [-0.2, -0.15) is 13.2 Å². The Balaban J connectivity index is 2.90. The van der Waals surface area contributed by atoms with Crippen LogP contribution in [0.5, 0.6) is 5.75 Å². The van der Waals surface area contributed by atoms with E-state index in [0.717, 1.165) is 12.1 Å². The zero-order valence-corrected chi connectivity index (χ0v) is 11.9. The number of allylic oxidation sites excluding steroid dienone is 2. The number of fused-ring (bicyclic) bond motifs is 1. The molecule has 0 heterocycles. The fourth-order valence-electron chi connectivity index (χ4n) is 2.38. The normalized spacial score (nSPS) is 14.5. The zero-order valence-electron chi connectivity index (χ0n) is 11.9. The van der Waals surface area contributed by atoms with Crippen LogP contribution in [0.25, 0.3) is 0 Å². The summed E-state index contributed by atoms with van der Waals surface area (Å²) in [6.45, 7) is 2.56. The minimum atomic E-state index is -5.15. The number of hydrogen-bond donors (Lipinski definition) is 0. The fourth-order valence-corrected chi connectivity index (χ4v) is 2.38. The number of aryl methyl sites for hydroxylation is 1. The summed E-state index contributed by atoms with van der Waals surface area (Å²) >= 11 is 0. The summed E-state index contributed by atoms with van der Waals surface area (Å²) in [4.78, 5) is 36.0. The molecule has 2 rings (SSSR count). The van der Waals surface area contributed by atoms with Gasteiger partial charge in [0, 0.05) is 16.7 Å². The predicted octanol–water partition coefficient (Wildman–Crippen LogP) is 3.07. The second-order valence-corrected chi connectivity index (χ2v) is 4.87. The van der Waals surface area contributed by atoms with Gasteiger partial charge in [0.15, 0.2) is 11.6 Å². The standard InChI is InChI=1S/C15H11F3O4/c1-6-5-9(22-3)11-8(19)4-7(2)13(20)12(11)10(6)14(21)15(16,17)18/h4-5H,1-3H3. The fraction of sp³-hybridized carbons (Fsp3) is 0.267. The zero-order chi connectivity index (χ0) is 16.8. The number of ether oxygens (including phenoxy) is 1. The third-order valence-corrected chi connectivity index (χ3v) is 3.37. The first-order valence-electron chi connectivity index (χ1n) is 6.20. The van der Waals surface area contributed by atoms with Gasteiger partial charge in [0.05, 0.1) is 12.7 Å². The van der Waals surface area contributed by atoms with Crippen LogP contribution >= 0.6 is 0 Å². The van der Waals surface area contributed by atoms with Crippen LogP contribution in [0.2, 0.25) is 0 Å². The predicted molar refractivity (Wildman–Crippen MR) is 70.5 cm³/mol. The van der Waals surface area contributed by atoms with Gasteiger partial charge in [-0.3, -0.25) is 14.4 Å². The van der Waals surface area contributed by atoms with Gasteiger partial charge in [0.2, 0.25) is 0 Å². The number of hydrogen-bond acceptors (Lipinski definition) is 4. The molecule has 0 fully saturated rings. The highest BCUT2D eigenvalue weighted by Crippen LogP contribution is 2.36. The summed E-state index contributed by atoms with van der Waals surface area (Å²) in [6, 6.07) is 1.15. The van der Waals surface area contributed by atoms with Crippen molar-refractivity contribution in [1.82, 2.24) is 0 Å². The maximum atomic E-state index is 12.8. The first kappa shape index (κ1) is 15.9. The third-order valence-electron chi connectivity index (χ3n) is 3.37. The number of carbonyl (C=O) groups excluding carboxylic acids is 3. The minimum Gasteiger partial charge on any atom is -0.496 e. The molecule has 0 aromatic heterocycles. The van der Waals surface area contributed by atoms with Crippen molar-refractivity contribution in [2.75, 3.05) is 7.11 Å². The van der Waals surface area contributed by atoms with E-state index in [0.29, 0.717) is 0 Å². The van der Waals surface area contributed by atoms with Crippen molar-refractivity contribution < 1.29 is 32.3 Å². The van der Waals surface area contributed by atoms with E-state index in [-0.39, 0.29) is 22.4 Å². The van der Waals surface area contributed by atoms with Crippen LogP contribution < -0.4 is 4.74 Å². The number of benzene rings is 1. The van der Waals surface area contributed by atoms with Gasteiger partial charge in [-0.1, -0.05) is 0 Å². The molecule has 0 spiro atoms. The van der Waals surface area contributed by atoms with Crippen LogP contribution in [0.15, 0.2) is 17.7 Å². The number of rotatable bonds is 2. The van der Waals surface area contributed by atoms with E-state index in [2.05, 4.69) is 0 Å². The van der Waals surface area contributed by atoms with E-state index in [1.807, 2.05) is 0 Å². The van der Waals surface area contributed by atoms with Crippen LogP contribution in [-0.2, 0) is 0 Å². The van der Waals surface area contributed by atoms with E-state index in [4.69, 9.17) is 4.74 Å². The maximum Gasteiger partial charge on any atom is 0.454 e. The summed E-state index contributed by atoms with van der Waals surface area (Å²) in [5, 5.41) is 0. The van der Waals surface area contributed by atoms with Gasteiger partial charge in [-0.25, -0.2) is 0 Å². The quantitative estimate of drug-likeness (QED) is 0.787. The smallest absolute Gasteiger partial charge is 0.454 e. The number of halogens is 3. The summed E-state index contributed by atoms with van der Waals surface area (Å²) in [5.74, 6) is -3.64. The molecule has 7 heteroatoms. The minimum absolute atomic E-state index is 0.0265. The van der Waals surface area contributed by atoms with Gasteiger partial charge in [-0.05, 0) is 31.6 Å². The Labute approximate surface area is 123 Å². The number of ketones is 3. The molecule has 1 aromatic rings. The highest BCUT2D eigenvalue weighted by Gasteiger charge is 2.44. The average molecular weight is 312 g/mol. The molecule has 0 aliphatic heterocycles. The van der Waals surface area contributed by atoms with Crippen molar-refractivity contribution >= 4 is 17.3 Å². The molecule has 0 saturated heterocycles. The number of Topliss-reactive ketones (excluding diaryl/α,β-unsaturated/α-hetero) is 2. The van der Waals surface area contributed by atoms with Crippen molar-refractivity contribution in [3.8, 4) is 5.75 Å². The Hall–Kier alpha value is -2.44. The lowest BCUT2D eigenvalue weighted by molar-refractivity contribution is -0.0886. The SMILES string of the molecule is COc1cc(C)c(C(=O)C(F)(F)F)c2c1C(=O)C=C(C)C2=O. The summed E-state index contributed by atoms with van der Waals surface area (Å²) < 4.78 is 43.4. The lowest BCUT2D eigenvalue weighted by Gasteiger charge is -2.21. The Kier molecular flexibility index (Phi) is 3.68. The van der Waals surface area contributed by atoms with Gasteiger partial charge in [-0.15, -0.1) is 0 Å². The second-order valence-electron chi connectivity index (χ2n) is 4.87. The molecule has 0 unspecified atom stereocenters. The lowest BCUT2D eigenvalue weighted by atomic mass is 9.83. The van der Waals surface area contributed by atoms with E-state index in [1.165, 1.54) is 21.0 Å². The van der Waals surface area contributed by atoms with Crippen molar-refractivity contribution in [3.63, 3.8) is 0 Å². The Morgan fingerprint density at radius 1 is 1.14 bits per heavy atom. The Bertz CT molecular complexity index is 742. The molecular formula is C15H11F3O4. The molecule has 1 aliphatic carbocycles. The van der Waals surface area contributed by atoms with E-state index < -0.39 is 34.7 Å². The molecule has 0 radical (unpaired) electrons. The first-order chi connectivity index (χ1) is 10.1. The van der Waals surface area contributed by atoms with Crippen molar-refractivity contribution in [3.05, 3.63) is 40.0 Å². The summed E-state index contributed by atoms with van der Waals surface area (Å²) in [5.41, 5.74) is -1.75. The molecule has 116 valence electrons. The van der Waals surface area contributed by atoms with Crippen molar-refractivity contribution in [2.45, 2.75) is 20.0 Å². The van der Waals surface area contributed by atoms with Gasteiger partial charge in [0.1, 0.15) is 5.75 Å². The molecule has 22 heavy (non-hydrogen) atoms. The van der Waals surface area contributed by atoms with Gasteiger partial charge >= 0.3 is 6.18 Å². The topological polar surface area (TPSA) is 60.4 Å². The Morgan fingerprint density at radius 2 is 1.73 bits per heavy atom. The van der Waals surface area contributed by atoms with Crippen LogP contribution in [-0.4, -0.2) is 30.6 Å². The van der Waals surface area contributed by atoms with Crippen LogP contribution in [0.4, 0.5) is 13.2 Å². The molecule has 0 bridgehead atoms. The largest absolute Gasteiger partial charge is 0.496 e. The van der Waals surface area contributed by atoms with Crippen molar-refractivity contribution in [2.24, 2.45) is 0 Å². The molecular weight excluding hydrogens is 301 g/mol. The lowest BCUT2D eigenvalue weighted by Crippen LogP contribution is -2.29. The molecule has 0 amide bonds. The third kappa shape index (κ3) is 2.32. The van der Waals surface area contributed by atoms with E-state index in [9.17, 15) is 27.6 Å². The maximum absolute atomic E-state index is 12.8. The number of methoxy groups -OCH3 is 1. The highest BCUT2D eigenvalue weighted by molar-refractivity contribution is 6.29. The van der Waals surface area contributed by atoms with Gasteiger partial charge in [0.25, 0.3) is 5.78 Å². The molecule has 0 saturated carbocycles. The Morgan fingerprint density at radius 3 is 2.23 bits per heavy atom. The van der Waals surface area contributed by atoms with E-state index in [1.54, 1.807) is 0 Å². The average Bonchev–Trinajstić information content (AvgIpc) is 2.41. The monoisotopic (exact) mass is 312 g/mol. The summed E-state index contributed by atoms with van der Waals surface area (Å²) in [6.07, 6.45) is -4.13. The van der Waals surface area contributed by atoms with E-state index >= 15 is 0 Å². The molecule has 0 atom stereocenters. The first-order valence-corrected chi connectivity index (χ1v) is 6.20. The highest BCUT2D eigenvalue weighted by atomic mass is 19.4. The van der Waals surface area contributed by atoms with Crippen LogP contribution in [0, 0.1) is 6.92 Å². The molecule has 0 N–H and O–H groups in total. The van der Waals surface area contributed by atoms with Crippen LogP contribution in [0.3, 0.4) is 0 Å². The second kappa shape index (κ2) is 5.08. The van der Waals surface area contributed by atoms with Crippen molar-refractivity contribution in [1.29, 1.82) is 0 Å².